The Kier molecular flexibility index (Phi) is 6.31. The normalized spacial score (nSPS) is 20.5. The average molecular weight is 488 g/mol. The standard InChI is InChI=1S/C28H29N3O5/c1-34-24-12-18-9-10-30(16-20(18)13-25(24)35-2)28(33)31-21-7-8-23(31)26(27(32)36-3)22(14-21)19-6-4-5-17(11-19)15-29/h4-6,11-13,21,23H,7-10,14,16H2,1-3H3/t21-,23+/m0/s1. The maximum absolute atomic E-state index is 13.9. The molecule has 2 atom stereocenters. The molecule has 1 fully saturated rings. The molecule has 0 N–H and O–H groups in total. The lowest BCUT2D eigenvalue weighted by Crippen LogP contribution is -2.53. The van der Waals surface area contributed by atoms with E-state index < -0.39 is 5.97 Å². The fourth-order valence-corrected chi connectivity index (χ4v) is 5.83. The Morgan fingerprint density at radius 2 is 1.78 bits per heavy atom. The van der Waals surface area contributed by atoms with Crippen molar-refractivity contribution in [1.82, 2.24) is 9.80 Å². The van der Waals surface area contributed by atoms with Crippen LogP contribution in [0.4, 0.5) is 4.79 Å². The highest BCUT2D eigenvalue weighted by Gasteiger charge is 2.48. The Morgan fingerprint density at radius 1 is 1.03 bits per heavy atom. The van der Waals surface area contributed by atoms with Crippen molar-refractivity contribution in [2.45, 2.75) is 44.3 Å². The fourth-order valence-electron chi connectivity index (χ4n) is 5.83. The molecular formula is C28H29N3O5. The van der Waals surface area contributed by atoms with Crippen LogP contribution in [0.15, 0.2) is 42.0 Å². The first-order chi connectivity index (χ1) is 17.5. The second kappa shape index (κ2) is 9.57. The summed E-state index contributed by atoms with van der Waals surface area (Å²) in [7, 11) is 4.59. The van der Waals surface area contributed by atoms with Crippen LogP contribution < -0.4 is 9.47 Å². The van der Waals surface area contributed by atoms with Gasteiger partial charge in [-0.05, 0) is 72.2 Å². The molecule has 3 heterocycles. The first kappa shape index (κ1) is 23.7. The van der Waals surface area contributed by atoms with Gasteiger partial charge >= 0.3 is 12.0 Å². The van der Waals surface area contributed by atoms with E-state index in [0.717, 1.165) is 35.1 Å². The number of esters is 1. The minimum Gasteiger partial charge on any atom is -0.493 e. The number of carbonyl (C=O) groups excluding carboxylic acids is 2. The SMILES string of the molecule is COC(=O)C1=C(c2cccc(C#N)c2)C[C@@H]2CC[C@H]1N2C(=O)N1CCc2cc(OC)c(OC)cc2C1. The molecule has 2 bridgehead atoms. The minimum absolute atomic E-state index is 0.0107. The predicted molar refractivity (Wildman–Crippen MR) is 132 cm³/mol. The number of carbonyl (C=O) groups is 2. The van der Waals surface area contributed by atoms with Crippen LogP contribution >= 0.6 is 0 Å². The van der Waals surface area contributed by atoms with Crippen LogP contribution in [-0.4, -0.2) is 61.8 Å². The number of fused-ring (bicyclic) bond motifs is 3. The Bertz CT molecular complexity index is 1290. The maximum atomic E-state index is 13.9. The van der Waals surface area contributed by atoms with Crippen molar-refractivity contribution in [1.29, 1.82) is 5.26 Å². The summed E-state index contributed by atoms with van der Waals surface area (Å²) in [5.74, 6) is 0.908. The van der Waals surface area contributed by atoms with Crippen LogP contribution in [0.5, 0.6) is 11.5 Å². The molecule has 2 amide bonds. The topological polar surface area (TPSA) is 92.1 Å². The summed E-state index contributed by atoms with van der Waals surface area (Å²) in [5.41, 5.74) is 4.96. The van der Waals surface area contributed by atoms with Gasteiger partial charge in [-0.1, -0.05) is 12.1 Å². The first-order valence-electron chi connectivity index (χ1n) is 12.1. The van der Waals surface area contributed by atoms with Crippen LogP contribution in [0.1, 0.15) is 41.5 Å². The number of nitrogens with zero attached hydrogens (tertiary/aromatic N) is 3. The second-order valence-corrected chi connectivity index (χ2v) is 9.36. The molecule has 0 spiro atoms. The zero-order valence-electron chi connectivity index (χ0n) is 20.7. The van der Waals surface area contributed by atoms with Crippen LogP contribution in [0.25, 0.3) is 5.57 Å². The van der Waals surface area contributed by atoms with Crippen LogP contribution in [0.3, 0.4) is 0 Å². The largest absolute Gasteiger partial charge is 0.493 e. The van der Waals surface area contributed by atoms with Gasteiger partial charge in [0.1, 0.15) is 0 Å². The molecule has 186 valence electrons. The molecule has 5 rings (SSSR count). The molecule has 2 aromatic carbocycles. The summed E-state index contributed by atoms with van der Waals surface area (Å²) in [6, 6.07) is 13.0. The Hall–Kier alpha value is -3.99. The summed E-state index contributed by atoms with van der Waals surface area (Å²) < 4.78 is 16.1. The van der Waals surface area contributed by atoms with E-state index in [1.165, 1.54) is 7.11 Å². The number of hydrogen-bond donors (Lipinski definition) is 0. The Labute approximate surface area is 210 Å². The monoisotopic (exact) mass is 487 g/mol. The van der Waals surface area contributed by atoms with Gasteiger partial charge in [-0.25, -0.2) is 9.59 Å². The molecule has 36 heavy (non-hydrogen) atoms. The molecule has 1 saturated heterocycles. The number of ether oxygens (including phenoxy) is 3. The highest BCUT2D eigenvalue weighted by molar-refractivity contribution is 6.01. The number of rotatable bonds is 4. The van der Waals surface area contributed by atoms with Gasteiger partial charge in [0.2, 0.25) is 0 Å². The number of nitriles is 1. The number of benzene rings is 2. The van der Waals surface area contributed by atoms with Gasteiger partial charge in [0.15, 0.2) is 11.5 Å². The highest BCUT2D eigenvalue weighted by Crippen LogP contribution is 2.44. The number of amides is 2. The van der Waals surface area contributed by atoms with Crippen molar-refractivity contribution in [3.63, 3.8) is 0 Å². The van der Waals surface area contributed by atoms with Crippen molar-refractivity contribution < 1.29 is 23.8 Å². The maximum Gasteiger partial charge on any atom is 0.336 e. The van der Waals surface area contributed by atoms with E-state index in [1.807, 2.05) is 34.1 Å². The van der Waals surface area contributed by atoms with E-state index >= 15 is 0 Å². The molecule has 2 aromatic rings. The highest BCUT2D eigenvalue weighted by atomic mass is 16.5. The van der Waals surface area contributed by atoms with Crippen molar-refractivity contribution in [2.24, 2.45) is 0 Å². The molecule has 8 heteroatoms. The number of methoxy groups -OCH3 is 3. The smallest absolute Gasteiger partial charge is 0.336 e. The van der Waals surface area contributed by atoms with E-state index in [1.54, 1.807) is 26.4 Å². The first-order valence-corrected chi connectivity index (χ1v) is 12.1. The summed E-state index contributed by atoms with van der Waals surface area (Å²) in [5, 5.41) is 9.36. The van der Waals surface area contributed by atoms with E-state index in [9.17, 15) is 14.9 Å². The third-order valence-electron chi connectivity index (χ3n) is 7.56. The lowest BCUT2D eigenvalue weighted by molar-refractivity contribution is -0.136. The predicted octanol–water partition coefficient (Wildman–Crippen LogP) is 3.92. The quantitative estimate of drug-likeness (QED) is 0.607. The van der Waals surface area contributed by atoms with Gasteiger partial charge in [-0.2, -0.15) is 5.26 Å². The average Bonchev–Trinajstić information content (AvgIpc) is 3.23. The van der Waals surface area contributed by atoms with Crippen molar-refractivity contribution in [3.05, 3.63) is 64.2 Å². The number of hydrogen-bond acceptors (Lipinski definition) is 6. The summed E-state index contributed by atoms with van der Waals surface area (Å²) in [6.07, 6.45) is 2.79. The van der Waals surface area contributed by atoms with E-state index in [4.69, 9.17) is 14.2 Å². The molecule has 0 aromatic heterocycles. The molecule has 3 aliphatic heterocycles. The van der Waals surface area contributed by atoms with Crippen LogP contribution in [0.2, 0.25) is 0 Å². The molecular weight excluding hydrogens is 458 g/mol. The van der Waals surface area contributed by atoms with Gasteiger partial charge in [0, 0.05) is 19.1 Å². The van der Waals surface area contributed by atoms with Gasteiger partial charge in [0.05, 0.1) is 44.6 Å². The Balaban J connectivity index is 1.46. The molecule has 0 radical (unpaired) electrons. The van der Waals surface area contributed by atoms with Gasteiger partial charge in [0.25, 0.3) is 0 Å². The summed E-state index contributed by atoms with van der Waals surface area (Å²) in [4.78, 5) is 30.6. The van der Waals surface area contributed by atoms with Gasteiger partial charge in [-0.3, -0.25) is 0 Å². The van der Waals surface area contributed by atoms with Gasteiger partial charge in [-0.15, -0.1) is 0 Å². The lowest BCUT2D eigenvalue weighted by Gasteiger charge is -2.41. The van der Waals surface area contributed by atoms with Crippen molar-refractivity contribution >= 4 is 17.6 Å². The molecule has 3 aliphatic rings. The fraction of sp³-hybridized carbons (Fsp3) is 0.393. The van der Waals surface area contributed by atoms with E-state index in [-0.39, 0.29) is 18.1 Å². The minimum atomic E-state index is -0.420. The third kappa shape index (κ3) is 3.95. The Morgan fingerprint density at radius 3 is 2.47 bits per heavy atom. The number of urea groups is 1. The summed E-state index contributed by atoms with van der Waals surface area (Å²) >= 11 is 0. The summed E-state index contributed by atoms with van der Waals surface area (Å²) in [6.45, 7) is 1.06. The van der Waals surface area contributed by atoms with Crippen LogP contribution in [-0.2, 0) is 22.5 Å². The molecule has 0 saturated carbocycles. The van der Waals surface area contributed by atoms with Gasteiger partial charge < -0.3 is 24.0 Å². The van der Waals surface area contributed by atoms with Crippen molar-refractivity contribution in [2.75, 3.05) is 27.9 Å². The third-order valence-corrected chi connectivity index (χ3v) is 7.56. The zero-order chi connectivity index (χ0) is 25.4. The van der Waals surface area contributed by atoms with E-state index in [2.05, 4.69) is 6.07 Å². The molecule has 0 unspecified atom stereocenters. The second-order valence-electron chi connectivity index (χ2n) is 9.36. The van der Waals surface area contributed by atoms with Crippen molar-refractivity contribution in [3.8, 4) is 17.6 Å². The van der Waals surface area contributed by atoms with E-state index in [0.29, 0.717) is 48.6 Å². The lowest BCUT2D eigenvalue weighted by atomic mass is 9.88. The molecule has 0 aliphatic carbocycles. The van der Waals surface area contributed by atoms with Crippen LogP contribution in [0, 0.1) is 11.3 Å². The zero-order valence-corrected chi connectivity index (χ0v) is 20.7. The molecule has 8 nitrogen and oxygen atoms in total.